The molecule has 0 aliphatic rings. The van der Waals surface area contributed by atoms with Gasteiger partial charge in [-0.25, -0.2) is 0 Å². The first-order valence-corrected chi connectivity index (χ1v) is 8.83. The third-order valence-corrected chi connectivity index (χ3v) is 4.48. The van der Waals surface area contributed by atoms with Gasteiger partial charge < -0.3 is 29.2 Å². The van der Waals surface area contributed by atoms with E-state index in [1.807, 2.05) is 43.3 Å². The minimum Gasteiger partial charge on any atom is -0.497 e. The van der Waals surface area contributed by atoms with Crippen molar-refractivity contribution in [1.82, 2.24) is 10.2 Å². The number of hydrogen-bond donors (Lipinski definition) is 1. The highest BCUT2D eigenvalue weighted by molar-refractivity contribution is 5.95. The minimum atomic E-state index is -0.228. The highest BCUT2D eigenvalue weighted by Crippen LogP contribution is 2.38. The molecule has 0 saturated carbocycles. The monoisotopic (exact) mass is 388 g/mol. The molecule has 0 aromatic heterocycles. The van der Waals surface area contributed by atoms with Crippen molar-refractivity contribution in [3.63, 3.8) is 0 Å². The standard InChI is InChI=1S/C21H28N2O5/c1-23(2)17(14-8-7-9-16(10-14)25-3)13-22-21(24)15-11-18(26-4)20(28-6)19(12-15)27-5/h7-12,17H,13H2,1-6H3,(H,22,24)/t17-/m0/s1. The average Bonchev–Trinajstić information content (AvgIpc) is 2.72. The van der Waals surface area contributed by atoms with E-state index in [0.29, 0.717) is 29.4 Å². The lowest BCUT2D eigenvalue weighted by Gasteiger charge is -2.25. The summed E-state index contributed by atoms with van der Waals surface area (Å²) in [6.45, 7) is 0.426. The summed E-state index contributed by atoms with van der Waals surface area (Å²) in [5.74, 6) is 1.87. The zero-order valence-corrected chi connectivity index (χ0v) is 17.2. The van der Waals surface area contributed by atoms with Crippen molar-refractivity contribution in [2.75, 3.05) is 49.1 Å². The Morgan fingerprint density at radius 2 is 1.61 bits per heavy atom. The number of amides is 1. The molecule has 2 aromatic rings. The van der Waals surface area contributed by atoms with Gasteiger partial charge in [0.25, 0.3) is 5.91 Å². The number of likely N-dealkylation sites (N-methyl/N-ethyl adjacent to an activating group) is 1. The van der Waals surface area contributed by atoms with E-state index in [2.05, 4.69) is 5.32 Å². The number of hydrogen-bond acceptors (Lipinski definition) is 6. The van der Waals surface area contributed by atoms with Crippen molar-refractivity contribution in [2.45, 2.75) is 6.04 Å². The number of methoxy groups -OCH3 is 4. The molecule has 2 aromatic carbocycles. The van der Waals surface area contributed by atoms with Crippen molar-refractivity contribution in [1.29, 1.82) is 0 Å². The fourth-order valence-corrected chi connectivity index (χ4v) is 2.95. The molecule has 0 unspecified atom stereocenters. The Bertz CT molecular complexity index is 782. The lowest BCUT2D eigenvalue weighted by Crippen LogP contribution is -2.34. The number of ether oxygens (including phenoxy) is 4. The van der Waals surface area contributed by atoms with Crippen LogP contribution in [0, 0.1) is 0 Å². The van der Waals surface area contributed by atoms with Crippen molar-refractivity contribution >= 4 is 5.91 Å². The summed E-state index contributed by atoms with van der Waals surface area (Å²) in [4.78, 5) is 14.8. The fourth-order valence-electron chi connectivity index (χ4n) is 2.95. The van der Waals surface area contributed by atoms with Crippen LogP contribution in [0.5, 0.6) is 23.0 Å². The molecule has 1 N–H and O–H groups in total. The Hall–Kier alpha value is -2.93. The maximum atomic E-state index is 12.8. The molecule has 28 heavy (non-hydrogen) atoms. The van der Waals surface area contributed by atoms with Gasteiger partial charge in [0.05, 0.1) is 34.5 Å². The van der Waals surface area contributed by atoms with Crippen LogP contribution < -0.4 is 24.3 Å². The molecule has 0 aliphatic heterocycles. The van der Waals surface area contributed by atoms with Crippen LogP contribution in [0.15, 0.2) is 36.4 Å². The normalized spacial score (nSPS) is 11.7. The molecule has 7 heteroatoms. The lowest BCUT2D eigenvalue weighted by atomic mass is 10.1. The summed E-state index contributed by atoms with van der Waals surface area (Å²) in [6.07, 6.45) is 0. The predicted molar refractivity (Wildman–Crippen MR) is 108 cm³/mol. The van der Waals surface area contributed by atoms with Crippen LogP contribution in [0.1, 0.15) is 22.0 Å². The number of carbonyl (C=O) groups excluding carboxylic acids is 1. The molecule has 0 spiro atoms. The van der Waals surface area contributed by atoms with Gasteiger partial charge in [-0.1, -0.05) is 12.1 Å². The molecule has 0 fully saturated rings. The van der Waals surface area contributed by atoms with E-state index in [0.717, 1.165) is 11.3 Å². The summed E-state index contributed by atoms with van der Waals surface area (Å²) >= 11 is 0. The summed E-state index contributed by atoms with van der Waals surface area (Å²) in [7, 11) is 10.1. The first-order chi connectivity index (χ1) is 13.4. The number of nitrogens with one attached hydrogen (secondary N) is 1. The Labute approximate surface area is 166 Å². The van der Waals surface area contributed by atoms with Crippen LogP contribution in [-0.4, -0.2) is 59.9 Å². The molecule has 0 bridgehead atoms. The summed E-state index contributed by atoms with van der Waals surface area (Å²) < 4.78 is 21.3. The number of nitrogens with zero attached hydrogens (tertiary/aromatic N) is 1. The maximum absolute atomic E-state index is 12.8. The predicted octanol–water partition coefficient (Wildman–Crippen LogP) is 2.75. The van der Waals surface area contributed by atoms with E-state index in [1.165, 1.54) is 21.3 Å². The molecule has 0 aliphatic carbocycles. The van der Waals surface area contributed by atoms with Gasteiger partial charge in [-0.3, -0.25) is 4.79 Å². The quantitative estimate of drug-likeness (QED) is 0.712. The van der Waals surface area contributed by atoms with E-state index >= 15 is 0 Å². The second-order valence-corrected chi connectivity index (χ2v) is 6.38. The van der Waals surface area contributed by atoms with Crippen molar-refractivity contribution in [3.8, 4) is 23.0 Å². The Kier molecular flexibility index (Phi) is 7.52. The van der Waals surface area contributed by atoms with Gasteiger partial charge >= 0.3 is 0 Å². The molecule has 1 atom stereocenters. The topological polar surface area (TPSA) is 69.3 Å². The van der Waals surface area contributed by atoms with Crippen LogP contribution in [0.3, 0.4) is 0 Å². The van der Waals surface area contributed by atoms with Gasteiger partial charge in [0.1, 0.15) is 5.75 Å². The molecule has 152 valence electrons. The second kappa shape index (κ2) is 9.85. The number of benzene rings is 2. The molecule has 7 nitrogen and oxygen atoms in total. The van der Waals surface area contributed by atoms with E-state index < -0.39 is 0 Å². The smallest absolute Gasteiger partial charge is 0.251 e. The van der Waals surface area contributed by atoms with E-state index in [1.54, 1.807) is 19.2 Å². The van der Waals surface area contributed by atoms with Gasteiger partial charge in [-0.05, 0) is 43.9 Å². The van der Waals surface area contributed by atoms with Crippen molar-refractivity contribution < 1.29 is 23.7 Å². The molecule has 1 amide bonds. The minimum absolute atomic E-state index is 0.0129. The fraction of sp³-hybridized carbons (Fsp3) is 0.381. The largest absolute Gasteiger partial charge is 0.497 e. The summed E-state index contributed by atoms with van der Waals surface area (Å²) in [5.41, 5.74) is 1.48. The van der Waals surface area contributed by atoms with Gasteiger partial charge in [-0.2, -0.15) is 0 Å². The molecular weight excluding hydrogens is 360 g/mol. The van der Waals surface area contributed by atoms with Crippen LogP contribution in [0.4, 0.5) is 0 Å². The maximum Gasteiger partial charge on any atom is 0.251 e. The molecule has 0 saturated heterocycles. The third kappa shape index (κ3) is 4.86. The van der Waals surface area contributed by atoms with Gasteiger partial charge in [-0.15, -0.1) is 0 Å². The zero-order chi connectivity index (χ0) is 20.7. The summed E-state index contributed by atoms with van der Waals surface area (Å²) in [5, 5.41) is 2.98. The molecule has 0 heterocycles. The van der Waals surface area contributed by atoms with Gasteiger partial charge in [0, 0.05) is 12.1 Å². The number of carbonyl (C=O) groups is 1. The van der Waals surface area contributed by atoms with Crippen LogP contribution >= 0.6 is 0 Å². The highest BCUT2D eigenvalue weighted by Gasteiger charge is 2.19. The second-order valence-electron chi connectivity index (χ2n) is 6.38. The van der Waals surface area contributed by atoms with E-state index in [4.69, 9.17) is 18.9 Å². The lowest BCUT2D eigenvalue weighted by molar-refractivity contribution is 0.0941. The van der Waals surface area contributed by atoms with Gasteiger partial charge in [0.15, 0.2) is 11.5 Å². The SMILES string of the molecule is COc1cccc([C@H](CNC(=O)c2cc(OC)c(OC)c(OC)c2)N(C)C)c1. The van der Waals surface area contributed by atoms with Crippen molar-refractivity contribution in [2.24, 2.45) is 0 Å². The van der Waals surface area contributed by atoms with Crippen LogP contribution in [0.2, 0.25) is 0 Å². The van der Waals surface area contributed by atoms with Crippen LogP contribution in [0.25, 0.3) is 0 Å². The van der Waals surface area contributed by atoms with E-state index in [9.17, 15) is 4.79 Å². The first kappa shape index (κ1) is 21.4. The highest BCUT2D eigenvalue weighted by atomic mass is 16.5. The average molecular weight is 388 g/mol. The number of rotatable bonds is 9. The van der Waals surface area contributed by atoms with E-state index in [-0.39, 0.29) is 11.9 Å². The molecule has 0 radical (unpaired) electrons. The van der Waals surface area contributed by atoms with Crippen LogP contribution in [-0.2, 0) is 0 Å². The molecule has 2 rings (SSSR count). The zero-order valence-electron chi connectivity index (χ0n) is 17.2. The first-order valence-electron chi connectivity index (χ1n) is 8.83. The molecular formula is C21H28N2O5. The van der Waals surface area contributed by atoms with Crippen molar-refractivity contribution in [3.05, 3.63) is 47.5 Å². The summed E-state index contributed by atoms with van der Waals surface area (Å²) in [6, 6.07) is 11.1. The Morgan fingerprint density at radius 1 is 0.964 bits per heavy atom. The third-order valence-electron chi connectivity index (χ3n) is 4.48. The Morgan fingerprint density at radius 3 is 2.11 bits per heavy atom. The van der Waals surface area contributed by atoms with Gasteiger partial charge in [0.2, 0.25) is 5.75 Å². The Balaban J connectivity index is 2.21.